The van der Waals surface area contributed by atoms with E-state index in [9.17, 15) is 0 Å². The van der Waals surface area contributed by atoms with Gasteiger partial charge in [-0.2, -0.15) is 0 Å². The highest BCUT2D eigenvalue weighted by Crippen LogP contribution is 2.32. The van der Waals surface area contributed by atoms with Crippen molar-refractivity contribution in [3.63, 3.8) is 0 Å². The van der Waals surface area contributed by atoms with E-state index in [1.165, 1.54) is 30.6 Å². The number of anilines is 1. The van der Waals surface area contributed by atoms with Crippen LogP contribution in [0.25, 0.3) is 0 Å². The molecule has 3 nitrogen and oxygen atoms in total. The fraction of sp³-hybridized carbons (Fsp3) is 0.571. The number of hydrogen-bond donors (Lipinski definition) is 1. The number of nitrogens with two attached hydrogens (primary N) is 1. The van der Waals surface area contributed by atoms with E-state index >= 15 is 0 Å². The lowest BCUT2D eigenvalue weighted by molar-refractivity contribution is 0.265. The molecule has 1 aliphatic heterocycles. The van der Waals surface area contributed by atoms with Crippen molar-refractivity contribution in [2.45, 2.75) is 18.9 Å². The highest BCUT2D eigenvalue weighted by Gasteiger charge is 2.25. The third-order valence-corrected chi connectivity index (χ3v) is 3.55. The SMILES string of the molecule is CN(C)c1cccc(C2CCCN2CCN)c1. The average molecular weight is 233 g/mol. The Morgan fingerprint density at radius 1 is 1.41 bits per heavy atom. The molecule has 0 aromatic heterocycles. The molecule has 1 saturated heterocycles. The zero-order valence-electron chi connectivity index (χ0n) is 10.9. The second-order valence-corrected chi connectivity index (χ2v) is 4.97. The molecule has 2 rings (SSSR count). The van der Waals surface area contributed by atoms with Gasteiger partial charge in [-0.3, -0.25) is 4.90 Å². The predicted molar refractivity (Wildman–Crippen MR) is 73.4 cm³/mol. The standard InChI is InChI=1S/C14H23N3/c1-16(2)13-6-3-5-12(11-13)14-7-4-9-17(14)10-8-15/h3,5-6,11,14H,4,7-10,15H2,1-2H3. The van der Waals surface area contributed by atoms with E-state index in [0.29, 0.717) is 6.04 Å². The van der Waals surface area contributed by atoms with Gasteiger partial charge >= 0.3 is 0 Å². The van der Waals surface area contributed by atoms with Gasteiger partial charge in [0.25, 0.3) is 0 Å². The maximum Gasteiger partial charge on any atom is 0.0364 e. The summed E-state index contributed by atoms with van der Waals surface area (Å²) in [4.78, 5) is 4.67. The van der Waals surface area contributed by atoms with Crippen molar-refractivity contribution in [1.29, 1.82) is 0 Å². The Bertz CT molecular complexity index is 362. The summed E-state index contributed by atoms with van der Waals surface area (Å²) in [7, 11) is 4.18. The minimum atomic E-state index is 0.568. The minimum Gasteiger partial charge on any atom is -0.378 e. The van der Waals surface area contributed by atoms with Crippen molar-refractivity contribution in [3.8, 4) is 0 Å². The Morgan fingerprint density at radius 2 is 2.24 bits per heavy atom. The molecule has 1 aromatic carbocycles. The van der Waals surface area contributed by atoms with Crippen molar-refractivity contribution in [2.24, 2.45) is 5.73 Å². The zero-order valence-corrected chi connectivity index (χ0v) is 10.9. The van der Waals surface area contributed by atoms with Gasteiger partial charge < -0.3 is 10.6 Å². The third kappa shape index (κ3) is 2.79. The van der Waals surface area contributed by atoms with Crippen LogP contribution in [0.4, 0.5) is 5.69 Å². The summed E-state index contributed by atoms with van der Waals surface area (Å²) in [6.07, 6.45) is 2.55. The Morgan fingerprint density at radius 3 is 2.94 bits per heavy atom. The number of hydrogen-bond acceptors (Lipinski definition) is 3. The molecular weight excluding hydrogens is 210 g/mol. The second-order valence-electron chi connectivity index (χ2n) is 4.97. The van der Waals surface area contributed by atoms with Crippen LogP contribution in [0, 0.1) is 0 Å². The summed E-state index contributed by atoms with van der Waals surface area (Å²) < 4.78 is 0. The molecule has 94 valence electrons. The molecule has 0 saturated carbocycles. The van der Waals surface area contributed by atoms with E-state index in [1.54, 1.807) is 0 Å². The van der Waals surface area contributed by atoms with Crippen LogP contribution in [0.5, 0.6) is 0 Å². The zero-order chi connectivity index (χ0) is 12.3. The van der Waals surface area contributed by atoms with Crippen LogP contribution in [0.3, 0.4) is 0 Å². The van der Waals surface area contributed by atoms with Gasteiger partial charge in [0.15, 0.2) is 0 Å². The predicted octanol–water partition coefficient (Wildman–Crippen LogP) is 1.85. The molecule has 1 atom stereocenters. The number of likely N-dealkylation sites (tertiary alicyclic amines) is 1. The summed E-state index contributed by atoms with van der Waals surface area (Å²) in [5, 5.41) is 0. The Kier molecular flexibility index (Phi) is 4.02. The third-order valence-electron chi connectivity index (χ3n) is 3.55. The smallest absolute Gasteiger partial charge is 0.0364 e. The first kappa shape index (κ1) is 12.4. The summed E-state index contributed by atoms with van der Waals surface area (Å²) in [5.41, 5.74) is 8.39. The van der Waals surface area contributed by atoms with Crippen molar-refractivity contribution >= 4 is 5.69 Å². The molecular formula is C14H23N3. The molecule has 1 fully saturated rings. The first-order chi connectivity index (χ1) is 8.22. The molecule has 0 radical (unpaired) electrons. The van der Waals surface area contributed by atoms with E-state index in [-0.39, 0.29) is 0 Å². The molecule has 1 heterocycles. The van der Waals surface area contributed by atoms with Crippen molar-refractivity contribution in [2.75, 3.05) is 38.6 Å². The topological polar surface area (TPSA) is 32.5 Å². The van der Waals surface area contributed by atoms with E-state index in [2.05, 4.69) is 48.2 Å². The van der Waals surface area contributed by atoms with Crippen LogP contribution >= 0.6 is 0 Å². The van der Waals surface area contributed by atoms with Crippen LogP contribution in [0.15, 0.2) is 24.3 Å². The molecule has 0 spiro atoms. The van der Waals surface area contributed by atoms with Gasteiger partial charge in [0.2, 0.25) is 0 Å². The van der Waals surface area contributed by atoms with E-state index in [1.807, 2.05) is 0 Å². The van der Waals surface area contributed by atoms with Gasteiger partial charge in [0.05, 0.1) is 0 Å². The van der Waals surface area contributed by atoms with Crippen LogP contribution < -0.4 is 10.6 Å². The van der Waals surface area contributed by atoms with E-state index < -0.39 is 0 Å². The highest BCUT2D eigenvalue weighted by molar-refractivity contribution is 5.48. The number of rotatable bonds is 4. The highest BCUT2D eigenvalue weighted by atomic mass is 15.2. The minimum absolute atomic E-state index is 0.568. The van der Waals surface area contributed by atoms with Gasteiger partial charge in [-0.15, -0.1) is 0 Å². The van der Waals surface area contributed by atoms with Crippen LogP contribution in [0.2, 0.25) is 0 Å². The van der Waals surface area contributed by atoms with Crippen LogP contribution in [-0.4, -0.2) is 38.6 Å². The van der Waals surface area contributed by atoms with Crippen LogP contribution in [0.1, 0.15) is 24.4 Å². The molecule has 0 aliphatic carbocycles. The van der Waals surface area contributed by atoms with Crippen molar-refractivity contribution in [1.82, 2.24) is 4.90 Å². The summed E-state index contributed by atoms with van der Waals surface area (Å²) in [5.74, 6) is 0. The Hall–Kier alpha value is -1.06. The Balaban J connectivity index is 2.18. The van der Waals surface area contributed by atoms with Crippen molar-refractivity contribution in [3.05, 3.63) is 29.8 Å². The largest absolute Gasteiger partial charge is 0.378 e. The lowest BCUT2D eigenvalue weighted by Gasteiger charge is -2.25. The molecule has 17 heavy (non-hydrogen) atoms. The quantitative estimate of drug-likeness (QED) is 0.861. The molecule has 1 aliphatic rings. The summed E-state index contributed by atoms with van der Waals surface area (Å²) in [6.45, 7) is 2.95. The van der Waals surface area contributed by atoms with Gasteiger partial charge in [-0.05, 0) is 37.1 Å². The molecule has 0 amide bonds. The molecule has 0 bridgehead atoms. The maximum atomic E-state index is 5.68. The molecule has 3 heteroatoms. The van der Waals surface area contributed by atoms with Crippen molar-refractivity contribution < 1.29 is 0 Å². The van der Waals surface area contributed by atoms with Crippen LogP contribution in [-0.2, 0) is 0 Å². The maximum absolute atomic E-state index is 5.68. The summed E-state index contributed by atoms with van der Waals surface area (Å²) in [6, 6.07) is 9.43. The van der Waals surface area contributed by atoms with E-state index in [0.717, 1.165) is 13.1 Å². The fourth-order valence-electron chi connectivity index (χ4n) is 2.65. The van der Waals surface area contributed by atoms with Gasteiger partial charge in [0.1, 0.15) is 0 Å². The first-order valence-electron chi connectivity index (χ1n) is 6.44. The van der Waals surface area contributed by atoms with Gasteiger partial charge in [0, 0.05) is 38.9 Å². The summed E-state index contributed by atoms with van der Waals surface area (Å²) >= 11 is 0. The normalized spacial score (nSPS) is 20.8. The average Bonchev–Trinajstić information content (AvgIpc) is 2.78. The van der Waals surface area contributed by atoms with Gasteiger partial charge in [-0.1, -0.05) is 12.1 Å². The Labute approximate surface area is 104 Å². The molecule has 1 aromatic rings. The lowest BCUT2D eigenvalue weighted by Crippen LogP contribution is -2.29. The fourth-order valence-corrected chi connectivity index (χ4v) is 2.65. The van der Waals surface area contributed by atoms with E-state index in [4.69, 9.17) is 5.73 Å². The first-order valence-corrected chi connectivity index (χ1v) is 6.44. The monoisotopic (exact) mass is 233 g/mol. The lowest BCUT2D eigenvalue weighted by atomic mass is 10.0. The molecule has 1 unspecified atom stereocenters. The number of nitrogens with zero attached hydrogens (tertiary/aromatic N) is 2. The molecule has 2 N–H and O–H groups in total. The second kappa shape index (κ2) is 5.52. The number of benzene rings is 1. The van der Waals surface area contributed by atoms with Gasteiger partial charge in [-0.25, -0.2) is 0 Å².